The lowest BCUT2D eigenvalue weighted by Gasteiger charge is -2.18. The molecule has 0 aliphatic carbocycles. The Morgan fingerprint density at radius 1 is 1.18 bits per heavy atom. The molecule has 2 N–H and O–H groups in total. The van der Waals surface area contributed by atoms with Crippen LogP contribution in [0.1, 0.15) is 5.56 Å². The Kier molecular flexibility index (Phi) is 8.70. The number of benzene rings is 2. The van der Waals surface area contributed by atoms with Crippen molar-refractivity contribution in [2.45, 2.75) is 5.75 Å². The maximum Gasteiger partial charge on any atom is 0.231 e. The predicted molar refractivity (Wildman–Crippen MR) is 127 cm³/mol. The molecule has 0 radical (unpaired) electrons. The van der Waals surface area contributed by atoms with Crippen LogP contribution < -0.4 is 14.9 Å². The summed E-state index contributed by atoms with van der Waals surface area (Å²) in [6.45, 7) is 0.668. The van der Waals surface area contributed by atoms with Gasteiger partial charge in [0.05, 0.1) is 11.9 Å². The zero-order valence-electron chi connectivity index (χ0n) is 15.4. The molecule has 0 aliphatic rings. The van der Waals surface area contributed by atoms with Crippen LogP contribution in [0.25, 0.3) is 0 Å². The van der Waals surface area contributed by atoms with Crippen LogP contribution in [0.5, 0.6) is 0 Å². The highest BCUT2D eigenvalue weighted by Crippen LogP contribution is 2.28. The molecule has 2 rings (SSSR count). The Balaban J connectivity index is 1.79. The molecule has 2 aromatic carbocycles. The Morgan fingerprint density at radius 3 is 2.46 bits per heavy atom. The number of rotatable bonds is 8. The van der Waals surface area contributed by atoms with E-state index in [2.05, 4.69) is 10.6 Å². The molecule has 0 unspecified atom stereocenters. The molecule has 0 aromatic heterocycles. The van der Waals surface area contributed by atoms with E-state index in [0.717, 1.165) is 23.3 Å². The van der Waals surface area contributed by atoms with E-state index in [4.69, 9.17) is 35.4 Å². The van der Waals surface area contributed by atoms with Gasteiger partial charge >= 0.3 is 0 Å². The highest BCUT2D eigenvalue weighted by Gasteiger charge is 2.12. The van der Waals surface area contributed by atoms with Crippen molar-refractivity contribution in [3.05, 3.63) is 58.1 Å². The van der Waals surface area contributed by atoms with Gasteiger partial charge < -0.3 is 10.6 Å². The van der Waals surface area contributed by atoms with Crippen LogP contribution in [0.2, 0.25) is 10.0 Å². The van der Waals surface area contributed by atoms with Crippen LogP contribution >= 0.6 is 47.2 Å². The van der Waals surface area contributed by atoms with Gasteiger partial charge in [-0.2, -0.15) is 11.8 Å². The smallest absolute Gasteiger partial charge is 0.231 e. The van der Waals surface area contributed by atoms with E-state index >= 15 is 0 Å². The molecule has 0 saturated heterocycles. The summed E-state index contributed by atoms with van der Waals surface area (Å²) in [6.07, 6.45) is 1.16. The second kappa shape index (κ2) is 10.5. The number of halogens is 2. The molecule has 0 heterocycles. The van der Waals surface area contributed by atoms with Crippen molar-refractivity contribution in [2.75, 3.05) is 35.2 Å². The minimum atomic E-state index is -3.32. The molecule has 0 aliphatic heterocycles. The van der Waals surface area contributed by atoms with E-state index in [9.17, 15) is 8.42 Å². The van der Waals surface area contributed by atoms with Crippen LogP contribution in [-0.4, -0.2) is 39.1 Å². The summed E-state index contributed by atoms with van der Waals surface area (Å²) < 4.78 is 24.5. The lowest BCUT2D eigenvalue weighted by atomic mass is 10.2. The second-order valence-electron chi connectivity index (χ2n) is 5.91. The molecule has 5 nitrogen and oxygen atoms in total. The molecule has 0 amide bonds. The first-order valence-electron chi connectivity index (χ1n) is 8.28. The van der Waals surface area contributed by atoms with Crippen molar-refractivity contribution in [1.29, 1.82) is 0 Å². The van der Waals surface area contributed by atoms with E-state index in [0.29, 0.717) is 33.1 Å². The van der Waals surface area contributed by atoms with Crippen molar-refractivity contribution >= 4 is 73.7 Å². The van der Waals surface area contributed by atoms with E-state index in [-0.39, 0.29) is 0 Å². The first kappa shape index (κ1) is 23.1. The highest BCUT2D eigenvalue weighted by molar-refractivity contribution is 7.98. The molecule has 0 spiro atoms. The number of hydrogen-bond acceptors (Lipinski definition) is 4. The van der Waals surface area contributed by atoms with E-state index < -0.39 is 10.0 Å². The fourth-order valence-corrected chi connectivity index (χ4v) is 4.54. The maximum atomic E-state index is 11.7. The summed E-state index contributed by atoms with van der Waals surface area (Å²) in [4.78, 5) is 0. The van der Waals surface area contributed by atoms with Crippen LogP contribution in [0.4, 0.5) is 11.4 Å². The average molecular weight is 478 g/mol. The Labute approximate surface area is 185 Å². The number of hydrogen-bond donors (Lipinski definition) is 2. The second-order valence-corrected chi connectivity index (χ2v) is 10.3. The molecule has 0 bridgehead atoms. The molecule has 0 saturated carbocycles. The van der Waals surface area contributed by atoms with Crippen molar-refractivity contribution in [2.24, 2.45) is 0 Å². The molecule has 28 heavy (non-hydrogen) atoms. The van der Waals surface area contributed by atoms with Gasteiger partial charge in [-0.25, -0.2) is 8.42 Å². The number of sulfonamides is 1. The van der Waals surface area contributed by atoms with Gasteiger partial charge in [0.15, 0.2) is 5.11 Å². The third-order valence-electron chi connectivity index (χ3n) is 3.81. The van der Waals surface area contributed by atoms with Gasteiger partial charge in [-0.05, 0) is 48.1 Å². The van der Waals surface area contributed by atoms with Gasteiger partial charge in [-0.3, -0.25) is 4.31 Å². The number of anilines is 2. The van der Waals surface area contributed by atoms with Crippen LogP contribution in [0.15, 0.2) is 42.5 Å². The van der Waals surface area contributed by atoms with Crippen LogP contribution in [-0.2, 0) is 15.8 Å². The average Bonchev–Trinajstić information content (AvgIpc) is 2.62. The summed E-state index contributed by atoms with van der Waals surface area (Å²) in [7, 11) is -1.81. The lowest BCUT2D eigenvalue weighted by Crippen LogP contribution is -2.30. The molecule has 0 atom stereocenters. The predicted octanol–water partition coefficient (Wildman–Crippen LogP) is 4.61. The maximum absolute atomic E-state index is 11.7. The first-order chi connectivity index (χ1) is 13.2. The van der Waals surface area contributed by atoms with Crippen LogP contribution in [0, 0.1) is 0 Å². The Hall–Kier alpha value is -1.19. The molecule has 152 valence electrons. The van der Waals surface area contributed by atoms with Gasteiger partial charge in [-0.1, -0.05) is 35.3 Å². The summed E-state index contributed by atoms with van der Waals surface area (Å²) in [5.41, 5.74) is 2.20. The van der Waals surface area contributed by atoms with Gasteiger partial charge in [-0.15, -0.1) is 0 Å². The summed E-state index contributed by atoms with van der Waals surface area (Å²) >= 11 is 19.3. The van der Waals surface area contributed by atoms with Gasteiger partial charge in [0.25, 0.3) is 0 Å². The number of nitrogens with zero attached hydrogens (tertiary/aromatic N) is 1. The minimum Gasteiger partial charge on any atom is -0.362 e. The quantitative estimate of drug-likeness (QED) is 0.427. The number of thiocarbonyl (C=S) groups is 1. The summed E-state index contributed by atoms with van der Waals surface area (Å²) in [5.74, 6) is 1.54. The fraction of sp³-hybridized carbons (Fsp3) is 0.278. The third-order valence-corrected chi connectivity index (χ3v) is 6.95. The monoisotopic (exact) mass is 477 g/mol. The summed E-state index contributed by atoms with van der Waals surface area (Å²) in [6, 6.07) is 12.5. The fourth-order valence-electron chi connectivity index (χ4n) is 2.23. The van der Waals surface area contributed by atoms with Gasteiger partial charge in [0.2, 0.25) is 10.0 Å². The van der Waals surface area contributed by atoms with Crippen LogP contribution in [0.3, 0.4) is 0 Å². The van der Waals surface area contributed by atoms with E-state index in [1.165, 1.54) is 11.4 Å². The first-order valence-corrected chi connectivity index (χ1v) is 12.4. The number of thioether (sulfide) groups is 1. The van der Waals surface area contributed by atoms with Crippen molar-refractivity contribution in [1.82, 2.24) is 5.32 Å². The lowest BCUT2D eigenvalue weighted by molar-refractivity contribution is 0.600. The third kappa shape index (κ3) is 7.00. The van der Waals surface area contributed by atoms with Crippen molar-refractivity contribution in [3.8, 4) is 0 Å². The molecule has 0 fully saturated rings. The SMILES string of the molecule is CN(c1cccc(NC(=S)NCCSCc2c(Cl)cccc2Cl)c1)S(C)(=O)=O. The van der Waals surface area contributed by atoms with E-state index in [1.807, 2.05) is 24.3 Å². The minimum absolute atomic E-state index is 0.468. The van der Waals surface area contributed by atoms with Gasteiger partial charge in [0, 0.05) is 40.8 Å². The molecular formula is C18H21Cl2N3O2S3. The largest absolute Gasteiger partial charge is 0.362 e. The number of nitrogens with one attached hydrogen (secondary N) is 2. The molecule has 2 aromatic rings. The van der Waals surface area contributed by atoms with E-state index in [1.54, 1.807) is 30.0 Å². The Bertz CT molecular complexity index is 919. The zero-order valence-corrected chi connectivity index (χ0v) is 19.4. The summed E-state index contributed by atoms with van der Waals surface area (Å²) in [5, 5.41) is 8.00. The van der Waals surface area contributed by atoms with Crippen molar-refractivity contribution < 1.29 is 8.42 Å². The Morgan fingerprint density at radius 2 is 1.82 bits per heavy atom. The van der Waals surface area contributed by atoms with Crippen molar-refractivity contribution in [3.63, 3.8) is 0 Å². The molecular weight excluding hydrogens is 457 g/mol. The standard InChI is InChI=1S/C18H21Cl2N3O2S3/c1-23(28(2,24)25)14-6-3-5-13(11-14)22-18(26)21-9-10-27-12-15-16(19)7-4-8-17(15)20/h3-8,11H,9-10,12H2,1-2H3,(H2,21,22,26). The molecule has 10 heteroatoms. The zero-order chi connectivity index (χ0) is 20.7. The highest BCUT2D eigenvalue weighted by atomic mass is 35.5. The normalized spacial score (nSPS) is 11.1. The van der Waals surface area contributed by atoms with Gasteiger partial charge in [0.1, 0.15) is 0 Å². The topological polar surface area (TPSA) is 61.4 Å².